The van der Waals surface area contributed by atoms with Crippen molar-refractivity contribution in [1.82, 2.24) is 0 Å². The van der Waals surface area contributed by atoms with E-state index in [2.05, 4.69) is 22.9 Å². The topological polar surface area (TPSA) is 107 Å². The lowest BCUT2D eigenvalue weighted by atomic mass is 10.2. The predicted octanol–water partition coefficient (Wildman–Crippen LogP) is 4.79. The van der Waals surface area contributed by atoms with Gasteiger partial charge in [-0.05, 0) is 69.2 Å². The van der Waals surface area contributed by atoms with Crippen molar-refractivity contribution in [3.63, 3.8) is 0 Å². The lowest BCUT2D eigenvalue weighted by Gasteiger charge is -2.17. The molecule has 0 spiro atoms. The molecule has 0 N–H and O–H groups in total. The van der Waals surface area contributed by atoms with Crippen molar-refractivity contribution >= 4 is 17.9 Å². The van der Waals surface area contributed by atoms with Gasteiger partial charge < -0.3 is 9.47 Å². The van der Waals surface area contributed by atoms with Crippen LogP contribution in [-0.2, 0) is 43.4 Å². The third-order valence-electron chi connectivity index (χ3n) is 2.95. The van der Waals surface area contributed by atoms with Crippen molar-refractivity contribution in [2.24, 2.45) is 0 Å². The third-order valence-corrected chi connectivity index (χ3v) is 2.95. The van der Waals surface area contributed by atoms with Crippen molar-refractivity contribution in [2.45, 2.75) is 105 Å². The first kappa shape index (κ1) is 32.9. The van der Waals surface area contributed by atoms with E-state index in [0.29, 0.717) is 6.61 Å². The van der Waals surface area contributed by atoms with E-state index in [1.807, 2.05) is 6.92 Å². The van der Waals surface area contributed by atoms with Crippen molar-refractivity contribution in [2.75, 3.05) is 6.61 Å². The molecule has 0 radical (unpaired) electrons. The summed E-state index contributed by atoms with van der Waals surface area (Å²) in [5.41, 5.74) is 0.160. The van der Waals surface area contributed by atoms with E-state index in [0.717, 1.165) is 5.57 Å². The normalized spacial score (nSPS) is 13.0. The molecule has 9 heteroatoms. The number of carbonyl (C=O) groups is 3. The number of hydrogen-bond acceptors (Lipinski definition) is 9. The molecule has 0 heterocycles. The molecule has 0 bridgehead atoms. The smallest absolute Gasteiger partial charge is 0.346 e. The van der Waals surface area contributed by atoms with Gasteiger partial charge in [0.2, 0.25) is 0 Å². The number of ether oxygens (including phenoxy) is 2. The van der Waals surface area contributed by atoms with Crippen molar-refractivity contribution in [1.29, 1.82) is 0 Å². The van der Waals surface area contributed by atoms with Crippen LogP contribution in [-0.4, -0.2) is 47.9 Å². The van der Waals surface area contributed by atoms with Crippen LogP contribution < -0.4 is 0 Å². The van der Waals surface area contributed by atoms with Crippen LogP contribution in [0.4, 0.5) is 0 Å². The molecule has 0 aliphatic carbocycles. The molecule has 0 aliphatic rings. The summed E-state index contributed by atoms with van der Waals surface area (Å²) >= 11 is 0. The average Bonchev–Trinajstić information content (AvgIpc) is 2.62. The zero-order valence-corrected chi connectivity index (χ0v) is 21.9. The van der Waals surface area contributed by atoms with E-state index in [1.54, 1.807) is 55.4 Å². The van der Waals surface area contributed by atoms with Gasteiger partial charge in [-0.2, -0.15) is 9.78 Å². The largest absolute Gasteiger partial charge is 0.459 e. The minimum absolute atomic E-state index is 0.0604. The highest BCUT2D eigenvalue weighted by atomic mass is 17.2. The monoisotopic (exact) mass is 474 g/mol. The molecule has 33 heavy (non-hydrogen) atoms. The Balaban J connectivity index is 0. The van der Waals surface area contributed by atoms with Gasteiger partial charge in [0.1, 0.15) is 17.3 Å². The van der Waals surface area contributed by atoms with Crippen molar-refractivity contribution < 1.29 is 43.4 Å². The molecule has 0 aromatic rings. The summed E-state index contributed by atoms with van der Waals surface area (Å²) in [6.07, 6.45) is -0.665. The average molecular weight is 475 g/mol. The van der Waals surface area contributed by atoms with Gasteiger partial charge in [-0.1, -0.05) is 18.7 Å². The highest BCUT2D eigenvalue weighted by molar-refractivity contribution is 5.87. The van der Waals surface area contributed by atoms with Crippen molar-refractivity contribution in [3.05, 3.63) is 24.3 Å². The Labute approximate surface area is 198 Å². The Morgan fingerprint density at radius 3 is 1.48 bits per heavy atom. The van der Waals surface area contributed by atoms with E-state index >= 15 is 0 Å². The summed E-state index contributed by atoms with van der Waals surface area (Å²) in [7, 11) is 0. The minimum atomic E-state index is -0.582. The van der Waals surface area contributed by atoms with Crippen LogP contribution in [0.5, 0.6) is 0 Å². The van der Waals surface area contributed by atoms with Gasteiger partial charge in [-0.25, -0.2) is 14.4 Å². The fourth-order valence-corrected chi connectivity index (χ4v) is 1.55. The first-order valence-corrected chi connectivity index (χ1v) is 10.7. The Bertz CT molecular complexity index is 654. The first-order valence-electron chi connectivity index (χ1n) is 10.7. The van der Waals surface area contributed by atoms with E-state index in [4.69, 9.17) is 19.2 Å². The SMILES string of the molecule is C=C(C)C(=O)OC(C)CC(=O)OOC(C)(C)C.C=C(C)COC(C)CC(=O)OOC(C)(C)C. The molecule has 0 saturated heterocycles. The van der Waals surface area contributed by atoms with Gasteiger partial charge in [0.25, 0.3) is 0 Å². The highest BCUT2D eigenvalue weighted by Crippen LogP contribution is 2.10. The van der Waals surface area contributed by atoms with Crippen LogP contribution in [0.2, 0.25) is 0 Å². The molecule has 2 atom stereocenters. The molecule has 0 saturated carbocycles. The van der Waals surface area contributed by atoms with Gasteiger partial charge >= 0.3 is 17.9 Å². The summed E-state index contributed by atoms with van der Waals surface area (Å²) in [5, 5.41) is 0. The lowest BCUT2D eigenvalue weighted by molar-refractivity contribution is -0.321. The summed E-state index contributed by atoms with van der Waals surface area (Å²) in [6.45, 7) is 25.1. The molecule has 2 unspecified atom stereocenters. The van der Waals surface area contributed by atoms with E-state index in [-0.39, 0.29) is 24.5 Å². The molecular formula is C24H42O9. The fraction of sp³-hybridized carbons (Fsp3) is 0.708. The molecule has 0 aliphatic heterocycles. The van der Waals surface area contributed by atoms with Gasteiger partial charge in [0.05, 0.1) is 25.6 Å². The van der Waals surface area contributed by atoms with Crippen LogP contribution in [0.15, 0.2) is 24.3 Å². The Kier molecular flexibility index (Phi) is 15.6. The van der Waals surface area contributed by atoms with Crippen LogP contribution in [0.25, 0.3) is 0 Å². The first-order chi connectivity index (χ1) is 14.8. The molecule has 0 fully saturated rings. The number of esters is 1. The molecule has 0 aromatic carbocycles. The van der Waals surface area contributed by atoms with E-state index in [1.165, 1.54) is 6.92 Å². The second-order valence-electron chi connectivity index (χ2n) is 9.79. The highest BCUT2D eigenvalue weighted by Gasteiger charge is 2.19. The summed E-state index contributed by atoms with van der Waals surface area (Å²) < 4.78 is 10.3. The zero-order valence-electron chi connectivity index (χ0n) is 21.9. The summed E-state index contributed by atoms with van der Waals surface area (Å²) in [6, 6.07) is 0. The number of hydrogen-bond donors (Lipinski definition) is 0. The number of carbonyl (C=O) groups excluding carboxylic acids is 3. The molecule has 0 rings (SSSR count). The predicted molar refractivity (Wildman–Crippen MR) is 124 cm³/mol. The Hall–Kier alpha value is -2.23. The van der Waals surface area contributed by atoms with Gasteiger partial charge in [-0.15, -0.1) is 0 Å². The van der Waals surface area contributed by atoms with E-state index in [9.17, 15) is 14.4 Å². The Morgan fingerprint density at radius 1 is 0.758 bits per heavy atom. The van der Waals surface area contributed by atoms with Gasteiger partial charge in [0.15, 0.2) is 0 Å². The Morgan fingerprint density at radius 2 is 1.15 bits per heavy atom. The minimum Gasteiger partial charge on any atom is -0.459 e. The maximum Gasteiger partial charge on any atom is 0.346 e. The van der Waals surface area contributed by atoms with Crippen LogP contribution in [0, 0.1) is 0 Å². The van der Waals surface area contributed by atoms with Crippen molar-refractivity contribution in [3.8, 4) is 0 Å². The number of rotatable bonds is 11. The molecule has 0 aromatic heterocycles. The lowest BCUT2D eigenvalue weighted by Crippen LogP contribution is -2.25. The quantitative estimate of drug-likeness (QED) is 0.137. The van der Waals surface area contributed by atoms with Crippen LogP contribution in [0.1, 0.15) is 82.1 Å². The zero-order chi connectivity index (χ0) is 26.4. The molecule has 9 nitrogen and oxygen atoms in total. The van der Waals surface area contributed by atoms with Gasteiger partial charge in [0, 0.05) is 5.57 Å². The van der Waals surface area contributed by atoms with Gasteiger partial charge in [-0.3, -0.25) is 9.78 Å². The third kappa shape index (κ3) is 24.2. The maximum atomic E-state index is 11.3. The van der Waals surface area contributed by atoms with E-state index < -0.39 is 35.2 Å². The summed E-state index contributed by atoms with van der Waals surface area (Å²) in [5.74, 6) is -1.53. The molecule has 0 amide bonds. The van der Waals surface area contributed by atoms with Crippen LogP contribution >= 0.6 is 0 Å². The second kappa shape index (κ2) is 15.6. The second-order valence-corrected chi connectivity index (χ2v) is 9.79. The standard InChI is InChI=1S/C12H20O5.C12H22O4/c1-8(2)11(14)15-9(3)7-10(13)16-17-12(4,5)6;1-9(2)8-14-10(3)7-11(13)15-16-12(4,5)6/h9H,1,7H2,2-6H3;10H,1,7-8H2,2-6H3. The fourth-order valence-electron chi connectivity index (χ4n) is 1.55. The molecule has 192 valence electrons. The van der Waals surface area contributed by atoms with Crippen LogP contribution in [0.3, 0.4) is 0 Å². The summed E-state index contributed by atoms with van der Waals surface area (Å²) in [4.78, 5) is 52.7. The maximum absolute atomic E-state index is 11.3. The molecular weight excluding hydrogens is 432 g/mol.